The Hall–Kier alpha value is -2.04. The number of amides is 2. The number of hydrogen-bond acceptors (Lipinski definition) is 3. The van der Waals surface area contributed by atoms with Crippen molar-refractivity contribution in [2.75, 3.05) is 13.1 Å². The second-order valence-corrected chi connectivity index (χ2v) is 8.16. The van der Waals surface area contributed by atoms with Crippen LogP contribution in [0, 0.1) is 0 Å². The molecule has 5 nitrogen and oxygen atoms in total. The molecule has 0 saturated carbocycles. The summed E-state index contributed by atoms with van der Waals surface area (Å²) in [6, 6.07) is 3.72. The van der Waals surface area contributed by atoms with Crippen LogP contribution in [0.2, 0.25) is 0 Å². The van der Waals surface area contributed by atoms with Crippen molar-refractivity contribution in [3.8, 4) is 5.75 Å². The minimum Gasteiger partial charge on any atom is -0.507 e. The number of nitrogens with one attached hydrogen (secondary N) is 2. The lowest BCUT2D eigenvalue weighted by molar-refractivity contribution is -0.118. The molecule has 0 spiro atoms. The van der Waals surface area contributed by atoms with Gasteiger partial charge in [0, 0.05) is 25.6 Å². The summed E-state index contributed by atoms with van der Waals surface area (Å²) in [7, 11) is 0. The molecule has 0 fully saturated rings. The van der Waals surface area contributed by atoms with E-state index in [1.807, 2.05) is 26.8 Å². The van der Waals surface area contributed by atoms with E-state index in [-0.39, 0.29) is 34.0 Å². The number of carbonyl (C=O) groups is 2. The van der Waals surface area contributed by atoms with Gasteiger partial charge in [0.25, 0.3) is 5.91 Å². The summed E-state index contributed by atoms with van der Waals surface area (Å²) in [6.45, 7) is 14.3. The Morgan fingerprint density at radius 3 is 1.96 bits per heavy atom. The first kappa shape index (κ1) is 20.0. The molecule has 0 heterocycles. The molecule has 1 rings (SSSR count). The Bertz CT molecular complexity index is 623. The fourth-order valence-electron chi connectivity index (χ4n) is 2.32. The van der Waals surface area contributed by atoms with Gasteiger partial charge in [0.05, 0.1) is 5.56 Å². The SMILES string of the molecule is CC(=O)NCCNC(=O)c1cc(C(C)(C)C)cc(C(C)(C)C)c1O. The molecule has 3 N–H and O–H groups in total. The van der Waals surface area contributed by atoms with Gasteiger partial charge in [-0.1, -0.05) is 47.6 Å². The molecule has 134 valence electrons. The molecule has 5 heteroatoms. The van der Waals surface area contributed by atoms with Crippen molar-refractivity contribution in [2.24, 2.45) is 0 Å². The van der Waals surface area contributed by atoms with E-state index < -0.39 is 0 Å². The van der Waals surface area contributed by atoms with Crippen molar-refractivity contribution in [1.82, 2.24) is 10.6 Å². The maximum atomic E-state index is 12.5. The molecule has 0 bridgehead atoms. The van der Waals surface area contributed by atoms with Crippen LogP contribution >= 0.6 is 0 Å². The molecule has 0 saturated heterocycles. The Balaban J connectivity index is 3.17. The van der Waals surface area contributed by atoms with Crippen LogP contribution in [-0.2, 0) is 15.6 Å². The number of hydrogen-bond donors (Lipinski definition) is 3. The quantitative estimate of drug-likeness (QED) is 0.741. The van der Waals surface area contributed by atoms with Gasteiger partial charge in [0.1, 0.15) is 5.75 Å². The highest BCUT2D eigenvalue weighted by molar-refractivity contribution is 5.97. The maximum Gasteiger partial charge on any atom is 0.255 e. The molecule has 0 unspecified atom stereocenters. The van der Waals surface area contributed by atoms with Gasteiger partial charge in [0.15, 0.2) is 0 Å². The van der Waals surface area contributed by atoms with Crippen molar-refractivity contribution in [3.63, 3.8) is 0 Å². The average molecular weight is 334 g/mol. The molecular formula is C19H30N2O3. The summed E-state index contributed by atoms with van der Waals surface area (Å²) < 4.78 is 0. The van der Waals surface area contributed by atoms with Gasteiger partial charge in [-0.3, -0.25) is 9.59 Å². The van der Waals surface area contributed by atoms with Crippen molar-refractivity contribution >= 4 is 11.8 Å². The molecule has 24 heavy (non-hydrogen) atoms. The van der Waals surface area contributed by atoms with Crippen LogP contribution in [0.4, 0.5) is 0 Å². The van der Waals surface area contributed by atoms with Crippen LogP contribution in [0.25, 0.3) is 0 Å². The van der Waals surface area contributed by atoms with Gasteiger partial charge in [-0.25, -0.2) is 0 Å². The van der Waals surface area contributed by atoms with Crippen molar-refractivity contribution in [1.29, 1.82) is 0 Å². The summed E-state index contributed by atoms with van der Waals surface area (Å²) in [4.78, 5) is 23.3. The molecule has 0 aliphatic carbocycles. The molecule has 0 aromatic heterocycles. The number of phenols is 1. The zero-order chi connectivity index (χ0) is 18.7. The van der Waals surface area contributed by atoms with E-state index in [1.165, 1.54) is 6.92 Å². The smallest absolute Gasteiger partial charge is 0.255 e. The van der Waals surface area contributed by atoms with Crippen LogP contribution in [0.1, 0.15) is 70.0 Å². The minimum atomic E-state index is -0.338. The predicted molar refractivity (Wildman–Crippen MR) is 96.5 cm³/mol. The van der Waals surface area contributed by atoms with Crippen LogP contribution in [0.15, 0.2) is 12.1 Å². The highest BCUT2D eigenvalue weighted by Gasteiger charge is 2.27. The second kappa shape index (κ2) is 7.24. The highest BCUT2D eigenvalue weighted by atomic mass is 16.3. The number of rotatable bonds is 4. The van der Waals surface area contributed by atoms with E-state index in [2.05, 4.69) is 31.4 Å². The summed E-state index contributed by atoms with van der Waals surface area (Å²) in [5, 5.41) is 16.0. The lowest BCUT2D eigenvalue weighted by atomic mass is 9.79. The zero-order valence-corrected chi connectivity index (χ0v) is 15.8. The molecule has 0 radical (unpaired) electrons. The predicted octanol–water partition coefficient (Wildman–Crippen LogP) is 2.85. The van der Waals surface area contributed by atoms with E-state index >= 15 is 0 Å². The third-order valence-corrected chi connectivity index (χ3v) is 3.81. The van der Waals surface area contributed by atoms with Gasteiger partial charge in [0.2, 0.25) is 5.91 Å². The van der Waals surface area contributed by atoms with Crippen molar-refractivity contribution in [3.05, 3.63) is 28.8 Å². The molecule has 0 atom stereocenters. The summed E-state index contributed by atoms with van der Waals surface area (Å²) in [5.41, 5.74) is 1.60. The largest absolute Gasteiger partial charge is 0.507 e. The second-order valence-electron chi connectivity index (χ2n) is 8.16. The molecule has 2 amide bonds. The number of benzene rings is 1. The molecule has 1 aromatic rings. The summed E-state index contributed by atoms with van der Waals surface area (Å²) in [5.74, 6) is -0.459. The van der Waals surface area contributed by atoms with Gasteiger partial charge in [-0.05, 0) is 22.5 Å². The third kappa shape index (κ3) is 5.25. The normalized spacial score (nSPS) is 12.0. The minimum absolute atomic E-state index is 0.0209. The number of phenolic OH excluding ortho intramolecular Hbond substituents is 1. The Morgan fingerprint density at radius 2 is 1.50 bits per heavy atom. The summed E-state index contributed by atoms with van der Waals surface area (Å²) >= 11 is 0. The number of carbonyl (C=O) groups excluding carboxylic acids is 2. The van der Waals surface area contributed by atoms with Gasteiger partial charge < -0.3 is 15.7 Å². The lowest BCUT2D eigenvalue weighted by Crippen LogP contribution is -2.34. The first-order valence-electron chi connectivity index (χ1n) is 8.24. The van der Waals surface area contributed by atoms with Crippen molar-refractivity contribution in [2.45, 2.75) is 59.3 Å². The first-order valence-corrected chi connectivity index (χ1v) is 8.24. The first-order chi connectivity index (χ1) is 10.8. The van der Waals surface area contributed by atoms with Crippen molar-refractivity contribution < 1.29 is 14.7 Å². The Morgan fingerprint density at radius 1 is 0.958 bits per heavy atom. The van der Waals surface area contributed by atoms with Crippen LogP contribution in [0.3, 0.4) is 0 Å². The average Bonchev–Trinajstić information content (AvgIpc) is 2.40. The fraction of sp³-hybridized carbons (Fsp3) is 0.579. The monoisotopic (exact) mass is 334 g/mol. The van der Waals surface area contributed by atoms with Crippen LogP contribution < -0.4 is 10.6 Å². The van der Waals surface area contributed by atoms with Crippen LogP contribution in [0.5, 0.6) is 5.75 Å². The van der Waals surface area contributed by atoms with Gasteiger partial charge >= 0.3 is 0 Å². The third-order valence-electron chi connectivity index (χ3n) is 3.81. The number of aromatic hydroxyl groups is 1. The van der Waals surface area contributed by atoms with Gasteiger partial charge in [-0.2, -0.15) is 0 Å². The van der Waals surface area contributed by atoms with E-state index in [4.69, 9.17) is 0 Å². The standard InChI is InChI=1S/C19H30N2O3/c1-12(22)20-8-9-21-17(24)14-10-13(18(2,3)4)11-15(16(14)23)19(5,6)7/h10-11,23H,8-9H2,1-7H3,(H,20,22)(H,21,24). The van der Waals surface area contributed by atoms with E-state index in [0.29, 0.717) is 13.1 Å². The van der Waals surface area contributed by atoms with E-state index in [1.54, 1.807) is 6.07 Å². The maximum absolute atomic E-state index is 12.5. The zero-order valence-electron chi connectivity index (χ0n) is 15.8. The molecule has 0 aliphatic heterocycles. The molecule has 0 aliphatic rings. The van der Waals surface area contributed by atoms with E-state index in [9.17, 15) is 14.7 Å². The molecular weight excluding hydrogens is 304 g/mol. The lowest BCUT2D eigenvalue weighted by Gasteiger charge is -2.27. The van der Waals surface area contributed by atoms with Crippen LogP contribution in [-0.4, -0.2) is 30.0 Å². The highest BCUT2D eigenvalue weighted by Crippen LogP contribution is 2.37. The fourth-order valence-corrected chi connectivity index (χ4v) is 2.32. The Labute approximate surface area is 144 Å². The Kier molecular flexibility index (Phi) is 6.04. The topological polar surface area (TPSA) is 78.4 Å². The van der Waals surface area contributed by atoms with E-state index in [0.717, 1.165) is 11.1 Å². The summed E-state index contributed by atoms with van der Waals surface area (Å²) in [6.07, 6.45) is 0. The van der Waals surface area contributed by atoms with Gasteiger partial charge in [-0.15, -0.1) is 0 Å². The molecule has 1 aromatic carbocycles.